The predicted molar refractivity (Wildman–Crippen MR) is 93.5 cm³/mol. The van der Waals surface area contributed by atoms with Crippen LogP contribution < -0.4 is 9.62 Å². The number of piperidine rings is 1. The minimum atomic E-state index is -3.22. The smallest absolute Gasteiger partial charge is 0.222 e. The van der Waals surface area contributed by atoms with Gasteiger partial charge in [0.05, 0.1) is 18.3 Å². The number of hydrogen-bond donors (Lipinski definition) is 1. The van der Waals surface area contributed by atoms with Crippen LogP contribution in [-0.2, 0) is 10.0 Å². The zero-order chi connectivity index (χ0) is 18.0. The van der Waals surface area contributed by atoms with Gasteiger partial charge in [0.15, 0.2) is 0 Å². The zero-order valence-corrected chi connectivity index (χ0v) is 14.6. The standard InChI is InChI=1S/C16H18FN5O2S/c1-18-15-6-12-14(7-13(15)17)19-10-20-16(12)22-5-3-4-11(9-22)8-21-25(2,23)24/h6-7,10-11,21H,3-5,8-9H2,2H3/t11-/m0/s1. The third kappa shape index (κ3) is 4.03. The van der Waals surface area contributed by atoms with E-state index < -0.39 is 15.8 Å². The minimum absolute atomic E-state index is 0.0594. The van der Waals surface area contributed by atoms with Crippen molar-refractivity contribution in [2.45, 2.75) is 12.8 Å². The van der Waals surface area contributed by atoms with Gasteiger partial charge in [-0.25, -0.2) is 32.3 Å². The highest BCUT2D eigenvalue weighted by Crippen LogP contribution is 2.31. The van der Waals surface area contributed by atoms with Crippen LogP contribution in [0.15, 0.2) is 18.5 Å². The number of nitrogens with one attached hydrogen (secondary N) is 1. The summed E-state index contributed by atoms with van der Waals surface area (Å²) in [6.07, 6.45) is 4.35. The van der Waals surface area contributed by atoms with E-state index in [1.807, 2.05) is 4.90 Å². The molecule has 132 valence electrons. The molecule has 1 atom stereocenters. The molecule has 0 amide bonds. The van der Waals surface area contributed by atoms with Gasteiger partial charge in [-0.2, -0.15) is 0 Å². The minimum Gasteiger partial charge on any atom is -0.356 e. The maximum absolute atomic E-state index is 13.8. The summed E-state index contributed by atoms with van der Waals surface area (Å²) in [7, 11) is -3.22. The molecule has 1 saturated heterocycles. The number of aromatic nitrogens is 2. The Hall–Kier alpha value is -2.31. The Morgan fingerprint density at radius 2 is 2.24 bits per heavy atom. The fraction of sp³-hybridized carbons (Fsp3) is 0.438. The first-order valence-electron chi connectivity index (χ1n) is 7.88. The molecule has 3 rings (SSSR count). The van der Waals surface area contributed by atoms with Crippen molar-refractivity contribution in [3.63, 3.8) is 0 Å². The second-order valence-corrected chi connectivity index (χ2v) is 8.04. The van der Waals surface area contributed by atoms with Gasteiger partial charge >= 0.3 is 0 Å². The van der Waals surface area contributed by atoms with Gasteiger partial charge in [0, 0.05) is 25.0 Å². The molecule has 1 aromatic heterocycles. The molecule has 1 N–H and O–H groups in total. The SMILES string of the molecule is [C-]#[N+]c1cc2c(N3CCC[C@@H](CNS(C)(=O)=O)C3)ncnc2cc1F. The number of benzene rings is 1. The molecule has 0 saturated carbocycles. The molecule has 0 radical (unpaired) electrons. The van der Waals surface area contributed by atoms with Crippen molar-refractivity contribution >= 4 is 32.4 Å². The van der Waals surface area contributed by atoms with Crippen molar-refractivity contribution in [1.82, 2.24) is 14.7 Å². The van der Waals surface area contributed by atoms with Crippen LogP contribution in [0.4, 0.5) is 15.9 Å². The summed E-state index contributed by atoms with van der Waals surface area (Å²) in [5, 5.41) is 0.631. The molecule has 1 aliphatic rings. The highest BCUT2D eigenvalue weighted by molar-refractivity contribution is 7.88. The number of anilines is 1. The molecule has 1 aliphatic heterocycles. The Morgan fingerprint density at radius 1 is 1.44 bits per heavy atom. The average Bonchev–Trinajstić information content (AvgIpc) is 2.58. The van der Waals surface area contributed by atoms with Gasteiger partial charge in [-0.05, 0) is 30.9 Å². The molecule has 1 aromatic carbocycles. The van der Waals surface area contributed by atoms with Gasteiger partial charge in [-0.3, -0.25) is 0 Å². The van der Waals surface area contributed by atoms with Crippen LogP contribution in [0.25, 0.3) is 15.7 Å². The normalized spacial score (nSPS) is 18.3. The first-order chi connectivity index (χ1) is 11.9. The van der Waals surface area contributed by atoms with E-state index in [2.05, 4.69) is 19.5 Å². The third-order valence-electron chi connectivity index (χ3n) is 4.26. The molecule has 1 fully saturated rings. The summed E-state index contributed by atoms with van der Waals surface area (Å²) in [6.45, 7) is 8.87. The molecule has 2 heterocycles. The van der Waals surface area contributed by atoms with Gasteiger partial charge in [0.1, 0.15) is 18.0 Å². The van der Waals surface area contributed by atoms with Crippen molar-refractivity contribution in [1.29, 1.82) is 0 Å². The highest BCUT2D eigenvalue weighted by atomic mass is 32.2. The molecule has 2 aromatic rings. The summed E-state index contributed by atoms with van der Waals surface area (Å²) in [4.78, 5) is 13.7. The molecule has 9 heteroatoms. The van der Waals surface area contributed by atoms with Gasteiger partial charge in [0.2, 0.25) is 15.7 Å². The molecule has 0 unspecified atom stereocenters. The Labute approximate surface area is 145 Å². The van der Waals surface area contributed by atoms with Crippen LogP contribution in [0, 0.1) is 18.3 Å². The lowest BCUT2D eigenvalue weighted by atomic mass is 9.98. The molecule has 0 spiro atoms. The quantitative estimate of drug-likeness (QED) is 0.842. The van der Waals surface area contributed by atoms with Gasteiger partial charge in [-0.15, -0.1) is 0 Å². The summed E-state index contributed by atoms with van der Waals surface area (Å²) in [6, 6.07) is 2.73. The van der Waals surface area contributed by atoms with E-state index in [1.54, 1.807) is 0 Å². The van der Waals surface area contributed by atoms with E-state index >= 15 is 0 Å². The van der Waals surface area contributed by atoms with Crippen molar-refractivity contribution in [2.75, 3.05) is 30.8 Å². The lowest BCUT2D eigenvalue weighted by molar-refractivity contribution is 0.410. The Morgan fingerprint density at radius 3 is 2.96 bits per heavy atom. The Balaban J connectivity index is 1.89. The number of halogens is 1. The molecule has 7 nitrogen and oxygen atoms in total. The van der Waals surface area contributed by atoms with E-state index in [4.69, 9.17) is 6.57 Å². The van der Waals surface area contributed by atoms with Crippen molar-refractivity contribution in [3.8, 4) is 0 Å². The monoisotopic (exact) mass is 363 g/mol. The predicted octanol–water partition coefficient (Wildman–Crippen LogP) is 2.09. The van der Waals surface area contributed by atoms with Gasteiger partial charge in [-0.1, -0.05) is 0 Å². The van der Waals surface area contributed by atoms with E-state index in [-0.39, 0.29) is 11.6 Å². The number of nitrogens with zero attached hydrogens (tertiary/aromatic N) is 4. The first kappa shape index (κ1) is 17.5. The lowest BCUT2D eigenvalue weighted by Crippen LogP contribution is -2.41. The lowest BCUT2D eigenvalue weighted by Gasteiger charge is -2.34. The molecular formula is C16H18FN5O2S. The van der Waals surface area contributed by atoms with Crippen LogP contribution in [0.2, 0.25) is 0 Å². The first-order valence-corrected chi connectivity index (χ1v) is 9.78. The zero-order valence-electron chi connectivity index (χ0n) is 13.7. The van der Waals surface area contributed by atoms with Crippen LogP contribution in [-0.4, -0.2) is 44.3 Å². The van der Waals surface area contributed by atoms with Gasteiger partial charge < -0.3 is 4.90 Å². The molecule has 25 heavy (non-hydrogen) atoms. The van der Waals surface area contributed by atoms with E-state index in [0.717, 1.165) is 25.6 Å². The average molecular weight is 363 g/mol. The van der Waals surface area contributed by atoms with Gasteiger partial charge in [0.25, 0.3) is 0 Å². The van der Waals surface area contributed by atoms with E-state index in [1.165, 1.54) is 18.5 Å². The number of rotatable bonds is 4. The van der Waals surface area contributed by atoms with Crippen molar-refractivity contribution in [2.24, 2.45) is 5.92 Å². The second kappa shape index (κ2) is 6.90. The fourth-order valence-corrected chi connectivity index (χ4v) is 3.62. The Kier molecular flexibility index (Phi) is 4.83. The maximum atomic E-state index is 13.8. The Bertz CT molecular complexity index is 941. The summed E-state index contributed by atoms with van der Waals surface area (Å²) >= 11 is 0. The summed E-state index contributed by atoms with van der Waals surface area (Å²) in [5.41, 5.74) is 0.391. The van der Waals surface area contributed by atoms with Crippen molar-refractivity contribution < 1.29 is 12.8 Å². The highest BCUT2D eigenvalue weighted by Gasteiger charge is 2.23. The number of sulfonamides is 1. The molecule has 0 bridgehead atoms. The van der Waals surface area contributed by atoms with Crippen LogP contribution in [0.1, 0.15) is 12.8 Å². The molecule has 0 aliphatic carbocycles. The molecular weight excluding hydrogens is 345 g/mol. The number of hydrogen-bond acceptors (Lipinski definition) is 5. The van der Waals surface area contributed by atoms with E-state index in [9.17, 15) is 12.8 Å². The largest absolute Gasteiger partial charge is 0.356 e. The van der Waals surface area contributed by atoms with Crippen LogP contribution in [0.5, 0.6) is 0 Å². The van der Waals surface area contributed by atoms with E-state index in [0.29, 0.717) is 29.8 Å². The summed E-state index contributed by atoms with van der Waals surface area (Å²) in [5.74, 6) is 0.217. The number of fused-ring (bicyclic) bond motifs is 1. The second-order valence-electron chi connectivity index (χ2n) is 6.20. The van der Waals surface area contributed by atoms with Crippen molar-refractivity contribution in [3.05, 3.63) is 35.7 Å². The topological polar surface area (TPSA) is 79.5 Å². The third-order valence-corrected chi connectivity index (χ3v) is 4.95. The van der Waals surface area contributed by atoms with Crippen LogP contribution in [0.3, 0.4) is 0 Å². The van der Waals surface area contributed by atoms with Crippen LogP contribution >= 0.6 is 0 Å². The fourth-order valence-electron chi connectivity index (χ4n) is 3.08. The summed E-state index contributed by atoms with van der Waals surface area (Å²) < 4.78 is 39.0. The maximum Gasteiger partial charge on any atom is 0.222 e.